The van der Waals surface area contributed by atoms with Crippen LogP contribution in [-0.2, 0) is 4.79 Å². The maximum absolute atomic E-state index is 14.6. The highest BCUT2D eigenvalue weighted by Gasteiger charge is 2.28. The van der Waals surface area contributed by atoms with Crippen LogP contribution in [0.4, 0.5) is 21.8 Å². The number of rotatable bonds is 6. The normalized spacial score (nSPS) is 16.4. The third kappa shape index (κ3) is 4.61. The third-order valence-corrected chi connectivity index (χ3v) is 6.42. The molecule has 11 heteroatoms. The van der Waals surface area contributed by atoms with Crippen LogP contribution >= 0.6 is 0 Å². The van der Waals surface area contributed by atoms with Crippen LogP contribution < -0.4 is 10.2 Å². The van der Waals surface area contributed by atoms with Gasteiger partial charge in [-0.05, 0) is 58.6 Å². The Balaban J connectivity index is 1.34. The molecule has 1 N–H and O–H groups in total. The molecule has 0 radical (unpaired) electrons. The number of nitrogens with zero attached hydrogens (tertiary/aromatic N) is 8. The number of imidazole rings is 1. The molecule has 0 spiro atoms. The number of pyridine rings is 2. The molecule has 4 aromatic rings. The Hall–Kier alpha value is -3.99. The first kappa shape index (κ1) is 23.7. The number of piperidine rings is 1. The van der Waals surface area contributed by atoms with Crippen molar-refractivity contribution in [2.75, 3.05) is 30.9 Å². The second-order valence-electron chi connectivity index (χ2n) is 9.36. The molecule has 0 saturated carbocycles. The summed E-state index contributed by atoms with van der Waals surface area (Å²) in [5.41, 5.74) is 2.49. The molecule has 4 aromatic heterocycles. The fourth-order valence-electron chi connectivity index (χ4n) is 4.36. The standard InChI is InChI=1S/C25H28FN9O/c1-15(2)35-14-29-23-20(35)12-19(30-24(23)26)18-7-9-27-25(31-18)32-21-6-5-17(13-28-21)34-10-8-16(33(3)4)11-22(34)36/h5-7,9,12-16H,8,10-11H2,1-4H3,(H,27,28,31,32). The molecule has 1 unspecified atom stereocenters. The van der Waals surface area contributed by atoms with Gasteiger partial charge in [-0.2, -0.15) is 4.39 Å². The summed E-state index contributed by atoms with van der Waals surface area (Å²) in [5.74, 6) is 0.278. The molecule has 1 aliphatic heterocycles. The Kier molecular flexibility index (Phi) is 6.31. The number of hydrogen-bond acceptors (Lipinski definition) is 8. The second kappa shape index (κ2) is 9.57. The molecule has 186 valence electrons. The summed E-state index contributed by atoms with van der Waals surface area (Å²) in [6.45, 7) is 4.67. The van der Waals surface area contributed by atoms with Crippen molar-refractivity contribution in [3.63, 3.8) is 0 Å². The van der Waals surface area contributed by atoms with Crippen LogP contribution in [0.1, 0.15) is 32.7 Å². The van der Waals surface area contributed by atoms with E-state index in [1.54, 1.807) is 41.8 Å². The van der Waals surface area contributed by atoms with E-state index in [-0.39, 0.29) is 23.5 Å². The fourth-order valence-corrected chi connectivity index (χ4v) is 4.36. The summed E-state index contributed by atoms with van der Waals surface area (Å²) in [5, 5.41) is 3.07. The van der Waals surface area contributed by atoms with Crippen molar-refractivity contribution in [1.82, 2.24) is 34.4 Å². The van der Waals surface area contributed by atoms with E-state index in [0.29, 0.717) is 41.6 Å². The molecule has 1 atom stereocenters. The molecule has 1 fully saturated rings. The molecule has 1 aliphatic rings. The third-order valence-electron chi connectivity index (χ3n) is 6.42. The molecule has 5 rings (SSSR count). The Bertz CT molecular complexity index is 1400. The van der Waals surface area contributed by atoms with Crippen LogP contribution in [0.3, 0.4) is 0 Å². The molecule has 36 heavy (non-hydrogen) atoms. The number of amides is 1. The fraction of sp³-hybridized carbons (Fsp3) is 0.360. The minimum absolute atomic E-state index is 0.0917. The molecular formula is C25H28FN9O. The van der Waals surface area contributed by atoms with Crippen molar-refractivity contribution in [2.24, 2.45) is 0 Å². The number of carbonyl (C=O) groups is 1. The van der Waals surface area contributed by atoms with Crippen LogP contribution in [-0.4, -0.2) is 67.0 Å². The van der Waals surface area contributed by atoms with E-state index in [2.05, 4.69) is 35.1 Å². The lowest BCUT2D eigenvalue weighted by Crippen LogP contribution is -2.45. The van der Waals surface area contributed by atoms with Crippen LogP contribution in [0.5, 0.6) is 0 Å². The van der Waals surface area contributed by atoms with Crippen LogP contribution in [0, 0.1) is 5.95 Å². The summed E-state index contributed by atoms with van der Waals surface area (Å²) in [4.78, 5) is 37.9. The smallest absolute Gasteiger partial charge is 0.241 e. The number of anilines is 3. The van der Waals surface area contributed by atoms with Gasteiger partial charge in [0.1, 0.15) is 11.3 Å². The van der Waals surface area contributed by atoms with Gasteiger partial charge in [0.15, 0.2) is 0 Å². The Morgan fingerprint density at radius 1 is 1.11 bits per heavy atom. The summed E-state index contributed by atoms with van der Waals surface area (Å²) in [6.07, 6.45) is 6.27. The molecular weight excluding hydrogens is 461 g/mol. The highest BCUT2D eigenvalue weighted by atomic mass is 19.1. The molecule has 0 aliphatic carbocycles. The van der Waals surface area contributed by atoms with E-state index in [4.69, 9.17) is 0 Å². The number of hydrogen-bond donors (Lipinski definition) is 1. The van der Waals surface area contributed by atoms with Crippen molar-refractivity contribution in [2.45, 2.75) is 38.8 Å². The average molecular weight is 490 g/mol. The maximum Gasteiger partial charge on any atom is 0.241 e. The van der Waals surface area contributed by atoms with E-state index < -0.39 is 5.95 Å². The Morgan fingerprint density at radius 2 is 1.94 bits per heavy atom. The van der Waals surface area contributed by atoms with Crippen LogP contribution in [0.25, 0.3) is 22.4 Å². The van der Waals surface area contributed by atoms with Gasteiger partial charge in [0.2, 0.25) is 17.8 Å². The lowest BCUT2D eigenvalue weighted by molar-refractivity contribution is -0.120. The van der Waals surface area contributed by atoms with Gasteiger partial charge in [0.25, 0.3) is 0 Å². The first-order valence-corrected chi connectivity index (χ1v) is 11.9. The number of fused-ring (bicyclic) bond motifs is 1. The van der Waals surface area contributed by atoms with E-state index >= 15 is 0 Å². The molecule has 5 heterocycles. The first-order valence-electron chi connectivity index (χ1n) is 11.9. The zero-order valence-corrected chi connectivity index (χ0v) is 20.7. The van der Waals surface area contributed by atoms with Crippen molar-refractivity contribution in [3.8, 4) is 11.4 Å². The van der Waals surface area contributed by atoms with Gasteiger partial charge in [0.05, 0.1) is 35.1 Å². The van der Waals surface area contributed by atoms with Gasteiger partial charge in [-0.1, -0.05) is 0 Å². The van der Waals surface area contributed by atoms with Crippen molar-refractivity contribution in [1.29, 1.82) is 0 Å². The highest BCUT2D eigenvalue weighted by molar-refractivity contribution is 5.94. The second-order valence-corrected chi connectivity index (χ2v) is 9.36. The van der Waals surface area contributed by atoms with Crippen molar-refractivity contribution >= 4 is 34.4 Å². The summed E-state index contributed by atoms with van der Waals surface area (Å²) in [6, 6.07) is 7.47. The Labute approximate surface area is 208 Å². The molecule has 10 nitrogen and oxygen atoms in total. The van der Waals surface area contributed by atoms with Gasteiger partial charge in [-0.25, -0.2) is 24.9 Å². The summed E-state index contributed by atoms with van der Waals surface area (Å²) >= 11 is 0. The largest absolute Gasteiger partial charge is 0.328 e. The summed E-state index contributed by atoms with van der Waals surface area (Å²) in [7, 11) is 4.00. The predicted molar refractivity (Wildman–Crippen MR) is 135 cm³/mol. The number of carbonyl (C=O) groups excluding carboxylic acids is 1. The molecule has 0 bridgehead atoms. The number of nitrogens with one attached hydrogen (secondary N) is 1. The number of halogens is 1. The SMILES string of the molecule is CC(C)n1cnc2c(F)nc(-c3ccnc(Nc4ccc(N5CCC(N(C)C)CC5=O)cn4)n3)cc21. The lowest BCUT2D eigenvalue weighted by atomic mass is 10.0. The monoisotopic (exact) mass is 489 g/mol. The minimum Gasteiger partial charge on any atom is -0.328 e. The van der Waals surface area contributed by atoms with Crippen LogP contribution in [0.15, 0.2) is 43.0 Å². The van der Waals surface area contributed by atoms with Gasteiger partial charge >= 0.3 is 0 Å². The first-order chi connectivity index (χ1) is 17.3. The average Bonchev–Trinajstić information content (AvgIpc) is 3.30. The molecule has 1 saturated heterocycles. The topological polar surface area (TPSA) is 105 Å². The van der Waals surface area contributed by atoms with Crippen molar-refractivity contribution in [3.05, 3.63) is 48.9 Å². The zero-order valence-electron chi connectivity index (χ0n) is 20.7. The van der Waals surface area contributed by atoms with Crippen molar-refractivity contribution < 1.29 is 9.18 Å². The van der Waals surface area contributed by atoms with E-state index in [1.807, 2.05) is 38.6 Å². The van der Waals surface area contributed by atoms with E-state index in [1.165, 1.54) is 0 Å². The Morgan fingerprint density at radius 3 is 2.64 bits per heavy atom. The number of aromatic nitrogens is 6. The molecule has 1 amide bonds. The predicted octanol–water partition coefficient (Wildman–Crippen LogP) is 3.80. The highest BCUT2D eigenvalue weighted by Crippen LogP contribution is 2.26. The summed E-state index contributed by atoms with van der Waals surface area (Å²) < 4.78 is 16.5. The van der Waals surface area contributed by atoms with Gasteiger partial charge in [-0.3, -0.25) is 4.79 Å². The minimum atomic E-state index is -0.642. The maximum atomic E-state index is 14.6. The van der Waals surface area contributed by atoms with Crippen LogP contribution in [0.2, 0.25) is 0 Å². The lowest BCUT2D eigenvalue weighted by Gasteiger charge is -2.34. The van der Waals surface area contributed by atoms with Gasteiger partial charge in [-0.15, -0.1) is 0 Å². The van der Waals surface area contributed by atoms with Gasteiger partial charge in [0, 0.05) is 31.2 Å². The van der Waals surface area contributed by atoms with E-state index in [0.717, 1.165) is 12.1 Å². The quantitative estimate of drug-likeness (QED) is 0.408. The molecule has 0 aromatic carbocycles. The van der Waals surface area contributed by atoms with Gasteiger partial charge < -0.3 is 19.7 Å². The zero-order chi connectivity index (χ0) is 25.4. The van der Waals surface area contributed by atoms with E-state index in [9.17, 15) is 9.18 Å².